The van der Waals surface area contributed by atoms with Crippen molar-refractivity contribution < 1.29 is 13.9 Å². The number of nitrogens with two attached hydrogens (primary N) is 1. The molecule has 1 saturated carbocycles. The highest BCUT2D eigenvalue weighted by Gasteiger charge is 2.20. The molecule has 5 heteroatoms. The smallest absolute Gasteiger partial charge is 0.248 e. The molecule has 1 aliphatic carbocycles. The molecule has 0 unspecified atom stereocenters. The van der Waals surface area contributed by atoms with E-state index in [9.17, 15) is 9.18 Å². The summed E-state index contributed by atoms with van der Waals surface area (Å²) in [5.41, 5.74) is 5.79. The lowest BCUT2D eigenvalue weighted by atomic mass is 10.1. The van der Waals surface area contributed by atoms with Crippen LogP contribution in [0.1, 0.15) is 28.8 Å². The molecular weight excluding hydrogens is 247 g/mol. The van der Waals surface area contributed by atoms with Crippen LogP contribution < -0.4 is 11.1 Å². The molecule has 0 saturated heterocycles. The van der Waals surface area contributed by atoms with Crippen molar-refractivity contribution in [1.29, 1.82) is 0 Å². The average molecular weight is 266 g/mol. The Bertz CT molecular complexity index is 447. The number of ether oxygens (including phenoxy) is 1. The number of carbonyl (C=O) groups is 1. The summed E-state index contributed by atoms with van der Waals surface area (Å²) in [6, 6.07) is 4.28. The van der Waals surface area contributed by atoms with Crippen LogP contribution in [0.2, 0.25) is 0 Å². The first kappa shape index (κ1) is 14.0. The van der Waals surface area contributed by atoms with Crippen molar-refractivity contribution in [3.8, 4) is 0 Å². The summed E-state index contributed by atoms with van der Waals surface area (Å²) in [5, 5.41) is 3.10. The molecule has 0 radical (unpaired) electrons. The van der Waals surface area contributed by atoms with E-state index in [1.165, 1.54) is 25.0 Å². The van der Waals surface area contributed by atoms with E-state index in [-0.39, 0.29) is 5.56 Å². The Morgan fingerprint density at radius 3 is 2.89 bits per heavy atom. The maximum atomic E-state index is 13.6. The molecule has 0 spiro atoms. The lowest BCUT2D eigenvalue weighted by Gasteiger charge is -2.07. The molecule has 1 fully saturated rings. The Hall–Kier alpha value is -1.46. The molecule has 1 aliphatic rings. The zero-order valence-corrected chi connectivity index (χ0v) is 10.8. The minimum absolute atomic E-state index is 0.189. The predicted molar refractivity (Wildman–Crippen MR) is 70.2 cm³/mol. The van der Waals surface area contributed by atoms with Crippen LogP contribution in [0.5, 0.6) is 0 Å². The Kier molecular flexibility index (Phi) is 4.87. The van der Waals surface area contributed by atoms with Gasteiger partial charge in [-0.1, -0.05) is 6.07 Å². The second-order valence-corrected chi connectivity index (χ2v) is 4.87. The SMILES string of the molecule is NC(=O)c1ccc(CNCCOCC2CC2)c(F)c1. The van der Waals surface area contributed by atoms with Gasteiger partial charge in [-0.15, -0.1) is 0 Å². The Balaban J connectivity index is 1.68. The fourth-order valence-corrected chi connectivity index (χ4v) is 1.75. The molecule has 2 rings (SSSR count). The molecule has 3 N–H and O–H groups in total. The summed E-state index contributed by atoms with van der Waals surface area (Å²) in [6.45, 7) is 2.57. The Labute approximate surface area is 112 Å². The predicted octanol–water partition coefficient (Wildman–Crippen LogP) is 1.44. The number of nitrogens with one attached hydrogen (secondary N) is 1. The van der Waals surface area contributed by atoms with Crippen LogP contribution >= 0.6 is 0 Å². The maximum Gasteiger partial charge on any atom is 0.248 e. The highest BCUT2D eigenvalue weighted by atomic mass is 19.1. The van der Waals surface area contributed by atoms with Gasteiger partial charge >= 0.3 is 0 Å². The van der Waals surface area contributed by atoms with Crippen molar-refractivity contribution in [2.75, 3.05) is 19.8 Å². The molecule has 1 aromatic rings. The van der Waals surface area contributed by atoms with Gasteiger partial charge in [0.2, 0.25) is 5.91 Å². The molecule has 1 aromatic carbocycles. The summed E-state index contributed by atoms with van der Waals surface area (Å²) < 4.78 is 19.1. The third kappa shape index (κ3) is 4.61. The van der Waals surface area contributed by atoms with Crippen LogP contribution in [0.4, 0.5) is 4.39 Å². The third-order valence-corrected chi connectivity index (χ3v) is 3.13. The average Bonchev–Trinajstić information content (AvgIpc) is 3.19. The molecule has 104 valence electrons. The summed E-state index contributed by atoms with van der Waals surface area (Å²) in [6.07, 6.45) is 2.57. The fourth-order valence-electron chi connectivity index (χ4n) is 1.75. The minimum atomic E-state index is -0.619. The Morgan fingerprint density at radius 2 is 2.26 bits per heavy atom. The monoisotopic (exact) mass is 266 g/mol. The molecule has 4 nitrogen and oxygen atoms in total. The van der Waals surface area contributed by atoms with Gasteiger partial charge in [-0.25, -0.2) is 4.39 Å². The van der Waals surface area contributed by atoms with Gasteiger partial charge in [-0.3, -0.25) is 4.79 Å². The number of carbonyl (C=O) groups excluding carboxylic acids is 1. The highest BCUT2D eigenvalue weighted by molar-refractivity contribution is 5.92. The second-order valence-electron chi connectivity index (χ2n) is 4.87. The normalized spacial score (nSPS) is 14.6. The number of hydrogen-bond donors (Lipinski definition) is 2. The zero-order valence-electron chi connectivity index (χ0n) is 10.8. The van der Waals surface area contributed by atoms with Gasteiger partial charge < -0.3 is 15.8 Å². The molecule has 0 atom stereocenters. The molecule has 0 heterocycles. The van der Waals surface area contributed by atoms with Gasteiger partial charge in [0.05, 0.1) is 6.61 Å². The first-order valence-corrected chi connectivity index (χ1v) is 6.53. The highest BCUT2D eigenvalue weighted by Crippen LogP contribution is 2.28. The minimum Gasteiger partial charge on any atom is -0.380 e. The number of primary amides is 1. The van der Waals surface area contributed by atoms with Gasteiger partial charge in [0.1, 0.15) is 5.82 Å². The summed E-state index contributed by atoms with van der Waals surface area (Å²) in [7, 11) is 0. The van der Waals surface area contributed by atoms with Gasteiger partial charge in [0.15, 0.2) is 0 Å². The van der Waals surface area contributed by atoms with E-state index in [1.54, 1.807) is 6.07 Å². The van der Waals surface area contributed by atoms with Gasteiger partial charge in [0.25, 0.3) is 0 Å². The lowest BCUT2D eigenvalue weighted by molar-refractivity contribution is 0.1000. The van der Waals surface area contributed by atoms with Crippen LogP contribution in [0.25, 0.3) is 0 Å². The molecular formula is C14H19FN2O2. The lowest BCUT2D eigenvalue weighted by Crippen LogP contribution is -2.20. The topological polar surface area (TPSA) is 64.4 Å². The van der Waals surface area contributed by atoms with E-state index in [2.05, 4.69) is 5.32 Å². The van der Waals surface area contributed by atoms with Crippen molar-refractivity contribution in [3.05, 3.63) is 35.1 Å². The van der Waals surface area contributed by atoms with Gasteiger partial charge in [-0.05, 0) is 30.9 Å². The third-order valence-electron chi connectivity index (χ3n) is 3.13. The summed E-state index contributed by atoms with van der Waals surface area (Å²) in [4.78, 5) is 10.9. The second kappa shape index (κ2) is 6.63. The number of benzene rings is 1. The van der Waals surface area contributed by atoms with E-state index >= 15 is 0 Å². The van der Waals surface area contributed by atoms with Crippen molar-refractivity contribution in [1.82, 2.24) is 5.32 Å². The van der Waals surface area contributed by atoms with Crippen molar-refractivity contribution >= 4 is 5.91 Å². The van der Waals surface area contributed by atoms with Crippen LogP contribution in [-0.2, 0) is 11.3 Å². The molecule has 1 amide bonds. The van der Waals surface area contributed by atoms with Crippen LogP contribution in [0.15, 0.2) is 18.2 Å². The quantitative estimate of drug-likeness (QED) is 0.700. The van der Waals surface area contributed by atoms with Crippen molar-refractivity contribution in [2.24, 2.45) is 11.7 Å². The van der Waals surface area contributed by atoms with Crippen molar-refractivity contribution in [2.45, 2.75) is 19.4 Å². The summed E-state index contributed by atoms with van der Waals surface area (Å²) >= 11 is 0. The first-order valence-electron chi connectivity index (χ1n) is 6.53. The van der Waals surface area contributed by atoms with E-state index < -0.39 is 11.7 Å². The number of rotatable bonds is 8. The van der Waals surface area contributed by atoms with Crippen molar-refractivity contribution in [3.63, 3.8) is 0 Å². The van der Waals surface area contributed by atoms with Crippen LogP contribution in [-0.4, -0.2) is 25.7 Å². The molecule has 0 aliphatic heterocycles. The molecule has 19 heavy (non-hydrogen) atoms. The number of halogens is 1. The first-order chi connectivity index (χ1) is 9.16. The number of amides is 1. The zero-order chi connectivity index (χ0) is 13.7. The fraction of sp³-hybridized carbons (Fsp3) is 0.500. The van der Waals surface area contributed by atoms with E-state index in [4.69, 9.17) is 10.5 Å². The van der Waals surface area contributed by atoms with E-state index in [1.807, 2.05) is 0 Å². The number of hydrogen-bond acceptors (Lipinski definition) is 3. The van der Waals surface area contributed by atoms with Gasteiger partial charge in [0, 0.05) is 30.8 Å². The molecule has 0 bridgehead atoms. The van der Waals surface area contributed by atoms with Crippen LogP contribution in [0, 0.1) is 11.7 Å². The molecule has 0 aromatic heterocycles. The Morgan fingerprint density at radius 1 is 1.47 bits per heavy atom. The van der Waals surface area contributed by atoms with E-state index in [0.717, 1.165) is 12.5 Å². The largest absolute Gasteiger partial charge is 0.380 e. The maximum absolute atomic E-state index is 13.6. The van der Waals surface area contributed by atoms with E-state index in [0.29, 0.717) is 25.3 Å². The van der Waals surface area contributed by atoms with Crippen LogP contribution in [0.3, 0.4) is 0 Å². The summed E-state index contributed by atoms with van der Waals surface area (Å²) in [5.74, 6) is -0.270. The van der Waals surface area contributed by atoms with Gasteiger partial charge in [-0.2, -0.15) is 0 Å². The standard InChI is InChI=1S/C14H19FN2O2/c15-13-7-11(14(16)18)3-4-12(13)8-17-5-6-19-9-10-1-2-10/h3-4,7,10,17H,1-2,5-6,8-9H2,(H2,16,18).